The van der Waals surface area contributed by atoms with Gasteiger partial charge < -0.3 is 40.9 Å². The summed E-state index contributed by atoms with van der Waals surface area (Å²) in [6.45, 7) is -0.00843. The van der Waals surface area contributed by atoms with Crippen molar-refractivity contribution in [1.82, 2.24) is 4.57 Å². The lowest BCUT2D eigenvalue weighted by molar-refractivity contribution is 0.400. The molecule has 2 aromatic heterocycles. The van der Waals surface area contributed by atoms with E-state index in [0.29, 0.717) is 28.2 Å². The zero-order chi connectivity index (χ0) is 45.2. The van der Waals surface area contributed by atoms with Gasteiger partial charge in [-0.2, -0.15) is 0 Å². The fourth-order valence-corrected chi connectivity index (χ4v) is 10.2. The number of rotatable bonds is 7. The van der Waals surface area contributed by atoms with E-state index in [2.05, 4.69) is 42.5 Å². The normalized spacial score (nSPS) is 12.3. The molecule has 0 fully saturated rings. The van der Waals surface area contributed by atoms with Crippen molar-refractivity contribution in [2.75, 3.05) is 0 Å². The molecule has 0 saturated carbocycles. The van der Waals surface area contributed by atoms with Gasteiger partial charge in [-0.3, -0.25) is 4.99 Å². The molecule has 0 amide bonds. The van der Waals surface area contributed by atoms with Gasteiger partial charge in [0.25, 0.3) is 0 Å². The molecule has 0 bridgehead atoms. The molecule has 10 nitrogen and oxygen atoms in total. The Balaban J connectivity index is 1.14. The number of benzene rings is 9. The van der Waals surface area contributed by atoms with E-state index in [1.165, 1.54) is 4.57 Å². The van der Waals surface area contributed by atoms with Crippen LogP contribution in [0.1, 0.15) is 16.7 Å². The van der Waals surface area contributed by atoms with Gasteiger partial charge in [-0.25, -0.2) is 4.99 Å². The molecule has 0 unspecified atom stereocenters. The average Bonchev–Trinajstić information content (AvgIpc) is 3.92. The van der Waals surface area contributed by atoms with Crippen LogP contribution in [0.4, 0.5) is 0 Å². The van der Waals surface area contributed by atoms with Gasteiger partial charge in [-0.1, -0.05) is 146 Å². The van der Waals surface area contributed by atoms with Crippen molar-refractivity contribution in [2.24, 2.45) is 15.7 Å². The third kappa shape index (κ3) is 6.56. The lowest BCUT2D eigenvalue weighted by Crippen LogP contribution is -2.16. The van der Waals surface area contributed by atoms with Gasteiger partial charge in [0.05, 0.1) is 23.0 Å². The molecule has 0 radical (unpaired) electrons. The number of fused-ring (bicyclic) bond motifs is 7. The molecule has 66 heavy (non-hydrogen) atoms. The number of amidine groups is 2. The maximum Gasteiger partial charge on any atom is 0.168 e. The molecule has 2 heterocycles. The molecule has 11 aromatic rings. The maximum absolute atomic E-state index is 11.6. The predicted octanol–water partition coefficient (Wildman–Crippen LogP) is 12.2. The Morgan fingerprint density at radius 2 is 1.11 bits per heavy atom. The van der Waals surface area contributed by atoms with E-state index in [9.17, 15) is 30.6 Å². The van der Waals surface area contributed by atoms with Gasteiger partial charge in [0.2, 0.25) is 0 Å². The van der Waals surface area contributed by atoms with Gasteiger partial charge in [0.15, 0.2) is 28.8 Å². The van der Waals surface area contributed by atoms with Gasteiger partial charge in [-0.15, -0.1) is 11.3 Å². The van der Waals surface area contributed by atoms with Gasteiger partial charge in [-0.05, 0) is 50.7 Å². The Morgan fingerprint density at radius 1 is 0.515 bits per heavy atom. The van der Waals surface area contributed by atoms with Gasteiger partial charge in [0, 0.05) is 43.4 Å². The number of nitrogens with zero attached hydrogens (tertiary/aromatic N) is 3. The zero-order valence-corrected chi connectivity index (χ0v) is 35.7. The summed E-state index contributed by atoms with van der Waals surface area (Å²) in [5.74, 6) is -3.01. The Kier molecular flexibility index (Phi) is 9.56. The highest BCUT2D eigenvalue weighted by atomic mass is 32.1. The van der Waals surface area contributed by atoms with E-state index in [1.54, 1.807) is 11.3 Å². The van der Waals surface area contributed by atoms with E-state index in [4.69, 9.17) is 15.7 Å². The van der Waals surface area contributed by atoms with Gasteiger partial charge >= 0.3 is 0 Å². The third-order valence-electron chi connectivity index (χ3n) is 12.1. The van der Waals surface area contributed by atoms with Crippen LogP contribution >= 0.6 is 11.3 Å². The molecule has 8 N–H and O–H groups in total. The summed E-state index contributed by atoms with van der Waals surface area (Å²) in [6.07, 6.45) is 0. The number of nitrogens with two attached hydrogens (primary N) is 1. The summed E-state index contributed by atoms with van der Waals surface area (Å²) in [6, 6.07) is 53.9. The second-order valence-corrected chi connectivity index (χ2v) is 17.1. The van der Waals surface area contributed by atoms with E-state index in [-0.39, 0.29) is 34.2 Å². The minimum absolute atomic E-state index is 0.00843. The molecule has 0 aliphatic carbocycles. The summed E-state index contributed by atoms with van der Waals surface area (Å²) in [5.41, 5.74) is 12.8. The van der Waals surface area contributed by atoms with E-state index in [0.717, 1.165) is 65.3 Å². The fourth-order valence-electron chi connectivity index (χ4n) is 9.01. The van der Waals surface area contributed by atoms with Crippen LogP contribution in [0.3, 0.4) is 0 Å². The lowest BCUT2D eigenvalue weighted by Gasteiger charge is -2.17. The molecule has 0 spiro atoms. The highest BCUT2D eigenvalue weighted by molar-refractivity contribution is 7.26. The van der Waals surface area contributed by atoms with E-state index >= 15 is 0 Å². The van der Waals surface area contributed by atoms with Crippen LogP contribution < -0.4 is 5.73 Å². The number of hydrogen-bond donors (Lipinski definition) is 7. The molecule has 0 saturated heterocycles. The Morgan fingerprint density at radius 3 is 1.83 bits per heavy atom. The van der Waals surface area contributed by atoms with E-state index in [1.807, 2.05) is 115 Å². The first-order valence-corrected chi connectivity index (χ1v) is 21.9. The number of thiophene rings is 1. The summed E-state index contributed by atoms with van der Waals surface area (Å²) >= 11 is 1.67. The molecule has 11 rings (SSSR count). The first-order chi connectivity index (χ1) is 32.1. The van der Waals surface area contributed by atoms with Crippen molar-refractivity contribution < 1.29 is 30.6 Å². The minimum atomic E-state index is -0.669. The minimum Gasteiger partial charge on any atom is -0.506 e. The number of phenolic OH excluding ortho intramolecular Hbond substituents is 6. The van der Waals surface area contributed by atoms with Crippen molar-refractivity contribution in [2.45, 2.75) is 6.54 Å². The summed E-state index contributed by atoms with van der Waals surface area (Å²) in [4.78, 5) is 10.0. The molecule has 11 heteroatoms. The monoisotopic (exact) mass is 882 g/mol. The van der Waals surface area contributed by atoms with Crippen LogP contribution in [0.15, 0.2) is 180 Å². The second kappa shape index (κ2) is 15.8. The first kappa shape index (κ1) is 40.0. The van der Waals surface area contributed by atoms with Crippen molar-refractivity contribution in [3.8, 4) is 62.4 Å². The lowest BCUT2D eigenvalue weighted by atomic mass is 9.97. The van der Waals surface area contributed by atoms with Crippen molar-refractivity contribution >= 4 is 75.8 Å². The molecule has 0 aliphatic heterocycles. The third-order valence-corrected chi connectivity index (χ3v) is 13.4. The topological polar surface area (TPSA) is 177 Å². The van der Waals surface area contributed by atoms with Crippen LogP contribution in [-0.2, 0) is 6.54 Å². The smallest absolute Gasteiger partial charge is 0.168 e. The summed E-state index contributed by atoms with van der Waals surface area (Å²) in [5, 5.41) is 71.6. The molecular formula is C55H38N4O6S. The average molecular weight is 883 g/mol. The van der Waals surface area contributed by atoms with Crippen LogP contribution in [0.2, 0.25) is 0 Å². The molecule has 0 aliphatic rings. The Hall–Kier alpha value is -8.80. The van der Waals surface area contributed by atoms with Gasteiger partial charge in [0.1, 0.15) is 28.4 Å². The zero-order valence-electron chi connectivity index (χ0n) is 34.9. The van der Waals surface area contributed by atoms with Crippen LogP contribution in [0.25, 0.3) is 80.7 Å². The number of aliphatic imine (C=N–C) groups is 2. The number of hydrogen-bond acceptors (Lipinski definition) is 8. The quantitative estimate of drug-likeness (QED) is 0.0360. The maximum atomic E-state index is 11.6. The standard InChI is InChI=1S/C55H38N4O6S/c56-54(32-11-2-1-3-12-32)58-55(33-22-20-31(21-23-33)37-16-8-13-30-10-4-5-14-36(30)37)57-29-35-25-24-34(38-17-9-18-40-39-15-6-7-19-46(39)66-53(38)40)26-41(35)59-49-42(60)27-44(62)51(64)47(49)48-50(59)43(61)28-45(63)52(48)65/h1-28,60-65H,29H2,(H2,56,57,58). The second-order valence-electron chi connectivity index (χ2n) is 16.0. The largest absolute Gasteiger partial charge is 0.506 e. The highest BCUT2D eigenvalue weighted by Crippen LogP contribution is 2.53. The van der Waals surface area contributed by atoms with Crippen LogP contribution in [-0.4, -0.2) is 46.9 Å². The number of phenols is 6. The van der Waals surface area contributed by atoms with Crippen molar-refractivity contribution in [3.05, 3.63) is 187 Å². The molecule has 320 valence electrons. The Bertz CT molecular complexity index is 3740. The first-order valence-electron chi connectivity index (χ1n) is 21.1. The van der Waals surface area contributed by atoms with Crippen LogP contribution in [0, 0.1) is 0 Å². The molecular weight excluding hydrogens is 845 g/mol. The SMILES string of the molecule is N/C(=N\C(=N/Cc1ccc(-c2cccc3c2sc2ccccc23)cc1-n1c2c(O)cc(O)c(O)c2c2c(O)c(O)cc(O)c21)c1ccc(-c2cccc3ccccc23)cc1)c1ccccc1. The molecule has 9 aromatic carbocycles. The fraction of sp³-hybridized carbons (Fsp3) is 0.0182. The highest BCUT2D eigenvalue weighted by Gasteiger charge is 2.28. The summed E-state index contributed by atoms with van der Waals surface area (Å²) in [7, 11) is 0. The number of aromatic hydroxyl groups is 6. The van der Waals surface area contributed by atoms with Crippen molar-refractivity contribution in [1.29, 1.82) is 0 Å². The molecule has 0 atom stereocenters. The van der Waals surface area contributed by atoms with Crippen molar-refractivity contribution in [3.63, 3.8) is 0 Å². The number of aromatic nitrogens is 1. The Labute approximate surface area is 380 Å². The van der Waals surface area contributed by atoms with Crippen LogP contribution in [0.5, 0.6) is 34.5 Å². The predicted molar refractivity (Wildman–Crippen MR) is 266 cm³/mol. The van der Waals surface area contributed by atoms with E-state index < -0.39 is 34.5 Å². The summed E-state index contributed by atoms with van der Waals surface area (Å²) < 4.78 is 3.68.